The van der Waals surface area contributed by atoms with E-state index in [4.69, 9.17) is 9.52 Å². The van der Waals surface area contributed by atoms with E-state index in [1.54, 1.807) is 0 Å². The summed E-state index contributed by atoms with van der Waals surface area (Å²) in [5.74, 6) is -3.07. The molecule has 0 atom stereocenters. The van der Waals surface area contributed by atoms with Gasteiger partial charge in [-0.1, -0.05) is 0 Å². The van der Waals surface area contributed by atoms with E-state index in [1.807, 2.05) is 0 Å². The number of hydrogen-bond acceptors (Lipinski definition) is 4. The molecule has 86 valence electrons. The van der Waals surface area contributed by atoms with Crippen LogP contribution in [0, 0.1) is 5.82 Å². The van der Waals surface area contributed by atoms with Crippen molar-refractivity contribution in [3.05, 3.63) is 53.5 Å². The molecular formula is C11H6FNO4. The molecule has 0 fully saturated rings. The van der Waals surface area contributed by atoms with E-state index < -0.39 is 17.6 Å². The normalized spacial score (nSPS) is 10.2. The van der Waals surface area contributed by atoms with Crippen LogP contribution in [0.5, 0.6) is 0 Å². The molecule has 2 aromatic rings. The molecule has 0 amide bonds. The van der Waals surface area contributed by atoms with Crippen molar-refractivity contribution in [3.63, 3.8) is 0 Å². The van der Waals surface area contributed by atoms with Crippen LogP contribution < -0.4 is 0 Å². The van der Waals surface area contributed by atoms with Crippen molar-refractivity contribution < 1.29 is 23.5 Å². The lowest BCUT2D eigenvalue weighted by Gasteiger charge is -1.96. The summed E-state index contributed by atoms with van der Waals surface area (Å²) in [6, 6.07) is 3.37. The molecule has 2 rings (SSSR count). The van der Waals surface area contributed by atoms with Gasteiger partial charge in [0.1, 0.15) is 5.82 Å². The number of aromatic carboxylic acids is 1. The molecule has 0 aliphatic rings. The number of aromatic nitrogens is 1. The van der Waals surface area contributed by atoms with Crippen molar-refractivity contribution >= 4 is 11.8 Å². The van der Waals surface area contributed by atoms with Crippen molar-refractivity contribution in [2.75, 3.05) is 0 Å². The van der Waals surface area contributed by atoms with Gasteiger partial charge in [-0.2, -0.15) is 0 Å². The highest BCUT2D eigenvalue weighted by Gasteiger charge is 2.17. The van der Waals surface area contributed by atoms with Gasteiger partial charge in [-0.15, -0.1) is 0 Å². The molecule has 0 aliphatic heterocycles. The number of rotatable bonds is 3. The zero-order valence-corrected chi connectivity index (χ0v) is 8.38. The molecule has 0 radical (unpaired) electrons. The number of ketones is 1. The van der Waals surface area contributed by atoms with Gasteiger partial charge in [-0.3, -0.25) is 9.78 Å². The average Bonchev–Trinajstić information content (AvgIpc) is 2.77. The van der Waals surface area contributed by atoms with Gasteiger partial charge in [0.2, 0.25) is 11.5 Å². The van der Waals surface area contributed by atoms with Gasteiger partial charge in [0.05, 0.1) is 6.20 Å². The van der Waals surface area contributed by atoms with Gasteiger partial charge in [-0.25, -0.2) is 9.18 Å². The molecule has 6 heteroatoms. The Hall–Kier alpha value is -2.50. The molecule has 0 spiro atoms. The first-order valence-electron chi connectivity index (χ1n) is 4.56. The monoisotopic (exact) mass is 235 g/mol. The van der Waals surface area contributed by atoms with E-state index >= 15 is 0 Å². The van der Waals surface area contributed by atoms with Gasteiger partial charge in [-0.05, 0) is 18.2 Å². The van der Waals surface area contributed by atoms with E-state index in [1.165, 1.54) is 12.3 Å². The van der Waals surface area contributed by atoms with Crippen LogP contribution in [0.15, 0.2) is 35.0 Å². The topological polar surface area (TPSA) is 80.4 Å². The first-order chi connectivity index (χ1) is 8.08. The fraction of sp³-hybridized carbons (Fsp3) is 0. The molecule has 0 aromatic carbocycles. The van der Waals surface area contributed by atoms with Crippen LogP contribution >= 0.6 is 0 Å². The van der Waals surface area contributed by atoms with Crippen LogP contribution in [0.3, 0.4) is 0 Å². The standard InChI is InChI=1S/C11H6FNO4/c12-7-3-6(4-13-5-7)10(14)8-1-2-9(17-8)11(15)16/h1-5H,(H,15,16). The van der Waals surface area contributed by atoms with Crippen molar-refractivity contribution in [1.29, 1.82) is 0 Å². The lowest BCUT2D eigenvalue weighted by atomic mass is 10.1. The minimum atomic E-state index is -1.28. The van der Waals surface area contributed by atoms with Crippen molar-refractivity contribution in [1.82, 2.24) is 4.98 Å². The van der Waals surface area contributed by atoms with Gasteiger partial charge < -0.3 is 9.52 Å². The zero-order chi connectivity index (χ0) is 12.4. The number of carbonyl (C=O) groups is 2. The maximum atomic E-state index is 12.8. The minimum absolute atomic E-state index is 0.00344. The molecule has 17 heavy (non-hydrogen) atoms. The summed E-state index contributed by atoms with van der Waals surface area (Å²) in [5, 5.41) is 8.62. The number of carboxylic acid groups (broad SMARTS) is 1. The van der Waals surface area contributed by atoms with Gasteiger partial charge >= 0.3 is 5.97 Å². The second kappa shape index (κ2) is 4.17. The van der Waals surface area contributed by atoms with Crippen molar-refractivity contribution in [2.24, 2.45) is 0 Å². The largest absolute Gasteiger partial charge is 0.475 e. The summed E-state index contributed by atoms with van der Waals surface area (Å²) in [6.45, 7) is 0. The van der Waals surface area contributed by atoms with E-state index in [-0.39, 0.29) is 17.1 Å². The maximum Gasteiger partial charge on any atom is 0.371 e. The first kappa shape index (κ1) is 11.0. The maximum absolute atomic E-state index is 12.8. The quantitative estimate of drug-likeness (QED) is 0.819. The van der Waals surface area contributed by atoms with Gasteiger partial charge in [0, 0.05) is 11.8 Å². The Morgan fingerprint density at radius 3 is 2.53 bits per heavy atom. The SMILES string of the molecule is O=C(O)c1ccc(C(=O)c2cncc(F)c2)o1. The summed E-state index contributed by atoms with van der Waals surface area (Å²) >= 11 is 0. The number of carbonyl (C=O) groups excluding carboxylic acids is 1. The van der Waals surface area contributed by atoms with Crippen LogP contribution in [-0.2, 0) is 0 Å². The zero-order valence-electron chi connectivity index (χ0n) is 8.38. The Bertz CT molecular complexity index is 591. The van der Waals surface area contributed by atoms with Gasteiger partial charge in [0.15, 0.2) is 5.76 Å². The van der Waals surface area contributed by atoms with Crippen LogP contribution in [-0.4, -0.2) is 21.8 Å². The minimum Gasteiger partial charge on any atom is -0.475 e. The summed E-state index contributed by atoms with van der Waals surface area (Å²) in [6.07, 6.45) is 2.13. The predicted molar refractivity (Wildman–Crippen MR) is 53.3 cm³/mol. The molecule has 5 nitrogen and oxygen atoms in total. The van der Waals surface area contributed by atoms with E-state index in [0.29, 0.717) is 0 Å². The third-order valence-corrected chi connectivity index (χ3v) is 2.01. The summed E-state index contributed by atoms with van der Waals surface area (Å²) in [7, 11) is 0. The fourth-order valence-corrected chi connectivity index (χ4v) is 1.25. The van der Waals surface area contributed by atoms with E-state index in [0.717, 1.165) is 18.3 Å². The Kier molecular flexibility index (Phi) is 2.70. The molecule has 0 saturated heterocycles. The molecule has 0 unspecified atom stereocenters. The number of hydrogen-bond donors (Lipinski definition) is 1. The molecule has 2 aromatic heterocycles. The van der Waals surface area contributed by atoms with Crippen LogP contribution in [0.2, 0.25) is 0 Å². The number of carboxylic acids is 1. The smallest absolute Gasteiger partial charge is 0.371 e. The van der Waals surface area contributed by atoms with E-state index in [9.17, 15) is 14.0 Å². The Morgan fingerprint density at radius 2 is 1.94 bits per heavy atom. The fourth-order valence-electron chi connectivity index (χ4n) is 1.25. The second-order valence-corrected chi connectivity index (χ2v) is 3.19. The van der Waals surface area contributed by atoms with E-state index in [2.05, 4.69) is 4.98 Å². The molecule has 0 saturated carbocycles. The molecule has 2 heterocycles. The number of halogens is 1. The summed E-state index contributed by atoms with van der Waals surface area (Å²) in [5.41, 5.74) is -0.00344. The van der Waals surface area contributed by atoms with Gasteiger partial charge in [0.25, 0.3) is 0 Å². The Labute approximate surface area is 94.5 Å². The summed E-state index contributed by atoms with van der Waals surface area (Å²) < 4.78 is 17.6. The van der Waals surface area contributed by atoms with Crippen LogP contribution in [0.4, 0.5) is 4.39 Å². The second-order valence-electron chi connectivity index (χ2n) is 3.19. The highest BCUT2D eigenvalue weighted by atomic mass is 19.1. The van der Waals surface area contributed by atoms with Crippen LogP contribution in [0.1, 0.15) is 26.7 Å². The Morgan fingerprint density at radius 1 is 1.24 bits per heavy atom. The number of nitrogens with zero attached hydrogens (tertiary/aromatic N) is 1. The highest BCUT2D eigenvalue weighted by Crippen LogP contribution is 2.13. The van der Waals surface area contributed by atoms with Crippen molar-refractivity contribution in [3.8, 4) is 0 Å². The van der Waals surface area contributed by atoms with Crippen LogP contribution in [0.25, 0.3) is 0 Å². The lowest BCUT2D eigenvalue weighted by Crippen LogP contribution is -2.01. The predicted octanol–water partition coefficient (Wildman–Crippen LogP) is 1.74. The first-order valence-corrected chi connectivity index (χ1v) is 4.56. The number of furan rings is 1. The lowest BCUT2D eigenvalue weighted by molar-refractivity contribution is 0.0660. The molecule has 1 N–H and O–H groups in total. The molecule has 0 bridgehead atoms. The van der Waals surface area contributed by atoms with Crippen molar-refractivity contribution in [2.45, 2.75) is 0 Å². The highest BCUT2D eigenvalue weighted by molar-refractivity contribution is 6.07. The summed E-state index contributed by atoms with van der Waals surface area (Å²) in [4.78, 5) is 25.8. The molecule has 0 aliphatic carbocycles. The third-order valence-electron chi connectivity index (χ3n) is 2.01. The molecular weight excluding hydrogens is 229 g/mol. The average molecular weight is 235 g/mol. The Balaban J connectivity index is 2.34. The number of pyridine rings is 1. The third kappa shape index (κ3) is 2.20.